The van der Waals surface area contributed by atoms with Gasteiger partial charge in [-0.15, -0.1) is 0 Å². The number of hydrogen-bond donors (Lipinski definition) is 2. The van der Waals surface area contributed by atoms with Crippen molar-refractivity contribution in [3.63, 3.8) is 0 Å². The van der Waals surface area contributed by atoms with E-state index in [2.05, 4.69) is 0 Å². The van der Waals surface area contributed by atoms with E-state index in [0.717, 1.165) is 9.13 Å². The molecule has 0 aliphatic carbocycles. The third kappa shape index (κ3) is 5.26. The van der Waals surface area contributed by atoms with Gasteiger partial charge in [0.25, 0.3) is 5.56 Å². The maximum atomic E-state index is 13.4. The number of carbonyl (C=O) groups excluding carboxylic acids is 2. The standard InChI is InChI=1S/C21H28FN5O4/c1-5-26-20(30)18(16(28)10-25(12(2)3)11-17(23)29)19(24)27(21(26)31)9-14-6-7-15(22)8-13(14)4/h6-8,12H,5,9-11,24H2,1-4H3,(H2,23,29). The number of primary amides is 1. The van der Waals surface area contributed by atoms with Gasteiger partial charge in [-0.05, 0) is 51.0 Å². The summed E-state index contributed by atoms with van der Waals surface area (Å²) in [6.07, 6.45) is 0. The van der Waals surface area contributed by atoms with Crippen molar-refractivity contribution in [1.82, 2.24) is 14.0 Å². The van der Waals surface area contributed by atoms with Crippen molar-refractivity contribution in [3.8, 4) is 0 Å². The molecular weight excluding hydrogens is 405 g/mol. The SMILES string of the molecule is CCn1c(=O)c(C(=O)CN(CC(N)=O)C(C)C)c(N)n(Cc2ccc(F)cc2C)c1=O. The zero-order valence-electron chi connectivity index (χ0n) is 18.1. The highest BCUT2D eigenvalue weighted by Crippen LogP contribution is 2.15. The molecular formula is C21H28FN5O4. The normalized spacial score (nSPS) is 11.3. The number of anilines is 1. The number of hydrogen-bond acceptors (Lipinski definition) is 6. The van der Waals surface area contributed by atoms with E-state index in [1.54, 1.807) is 27.7 Å². The van der Waals surface area contributed by atoms with Gasteiger partial charge in [-0.2, -0.15) is 0 Å². The van der Waals surface area contributed by atoms with Crippen molar-refractivity contribution in [1.29, 1.82) is 0 Å². The number of aromatic nitrogens is 2. The molecule has 31 heavy (non-hydrogen) atoms. The summed E-state index contributed by atoms with van der Waals surface area (Å²) in [5.74, 6) is -1.92. The molecule has 0 aliphatic rings. The second-order valence-corrected chi connectivity index (χ2v) is 7.64. The lowest BCUT2D eigenvalue weighted by atomic mass is 10.1. The van der Waals surface area contributed by atoms with Crippen molar-refractivity contribution in [2.45, 2.75) is 46.8 Å². The minimum absolute atomic E-state index is 0.0352. The van der Waals surface area contributed by atoms with Crippen LogP contribution < -0.4 is 22.7 Å². The zero-order chi connectivity index (χ0) is 23.5. The maximum absolute atomic E-state index is 13.4. The summed E-state index contributed by atoms with van der Waals surface area (Å²) in [5.41, 5.74) is 10.8. The largest absolute Gasteiger partial charge is 0.384 e. The van der Waals surface area contributed by atoms with E-state index in [1.165, 1.54) is 23.1 Å². The van der Waals surface area contributed by atoms with Gasteiger partial charge >= 0.3 is 5.69 Å². The number of ketones is 1. The first-order chi connectivity index (χ1) is 14.5. The van der Waals surface area contributed by atoms with E-state index >= 15 is 0 Å². The number of halogens is 1. The molecule has 9 nitrogen and oxygen atoms in total. The molecule has 1 amide bonds. The van der Waals surface area contributed by atoms with Crippen LogP contribution in [-0.4, -0.2) is 44.9 Å². The molecule has 0 spiro atoms. The van der Waals surface area contributed by atoms with Gasteiger partial charge in [-0.3, -0.25) is 28.4 Å². The van der Waals surface area contributed by atoms with E-state index in [9.17, 15) is 23.6 Å². The van der Waals surface area contributed by atoms with Gasteiger partial charge in [0.1, 0.15) is 17.2 Å². The first kappa shape index (κ1) is 24.0. The number of nitrogens with zero attached hydrogens (tertiary/aromatic N) is 3. The molecule has 1 aromatic heterocycles. The number of Topliss-reactive ketones (excluding diaryl/α,β-unsaturated/α-hetero) is 1. The quantitative estimate of drug-likeness (QED) is 0.553. The van der Waals surface area contributed by atoms with Crippen molar-refractivity contribution >= 4 is 17.5 Å². The molecule has 168 valence electrons. The molecule has 0 radical (unpaired) electrons. The molecule has 0 fully saturated rings. The lowest BCUT2D eigenvalue weighted by Crippen LogP contribution is -2.47. The summed E-state index contributed by atoms with van der Waals surface area (Å²) in [4.78, 5) is 51.6. The number of rotatable bonds is 9. The molecule has 2 rings (SSSR count). The van der Waals surface area contributed by atoms with Crippen LogP contribution in [0, 0.1) is 12.7 Å². The van der Waals surface area contributed by atoms with Crippen LogP contribution in [0.15, 0.2) is 27.8 Å². The minimum Gasteiger partial charge on any atom is -0.384 e. The lowest BCUT2D eigenvalue weighted by molar-refractivity contribution is -0.119. The van der Waals surface area contributed by atoms with Crippen molar-refractivity contribution < 1.29 is 14.0 Å². The summed E-state index contributed by atoms with van der Waals surface area (Å²) in [6.45, 7) is 6.42. The van der Waals surface area contributed by atoms with Gasteiger partial charge < -0.3 is 11.5 Å². The molecule has 4 N–H and O–H groups in total. The Morgan fingerprint density at radius 1 is 1.16 bits per heavy atom. The third-order valence-electron chi connectivity index (χ3n) is 5.13. The molecule has 0 saturated carbocycles. The Balaban J connectivity index is 2.59. The van der Waals surface area contributed by atoms with Crippen LogP contribution in [0.25, 0.3) is 0 Å². The summed E-state index contributed by atoms with van der Waals surface area (Å²) < 4.78 is 15.5. The second-order valence-electron chi connectivity index (χ2n) is 7.64. The monoisotopic (exact) mass is 433 g/mol. The smallest absolute Gasteiger partial charge is 0.332 e. The van der Waals surface area contributed by atoms with Crippen LogP contribution in [0.3, 0.4) is 0 Å². The molecule has 1 heterocycles. The van der Waals surface area contributed by atoms with E-state index in [0.29, 0.717) is 11.1 Å². The van der Waals surface area contributed by atoms with Gasteiger partial charge in [0.15, 0.2) is 5.78 Å². The third-order valence-corrected chi connectivity index (χ3v) is 5.13. The predicted octanol–water partition coefficient (Wildman–Crippen LogP) is 0.486. The first-order valence-corrected chi connectivity index (χ1v) is 9.91. The maximum Gasteiger partial charge on any atom is 0.332 e. The average molecular weight is 433 g/mol. The van der Waals surface area contributed by atoms with Crippen LogP contribution in [-0.2, 0) is 17.9 Å². The minimum atomic E-state index is -0.787. The number of benzene rings is 1. The number of amides is 1. The Hall–Kier alpha value is -3.27. The van der Waals surface area contributed by atoms with Gasteiger partial charge in [0.05, 0.1) is 19.6 Å². The van der Waals surface area contributed by atoms with Crippen molar-refractivity contribution in [2.75, 3.05) is 18.8 Å². The highest BCUT2D eigenvalue weighted by Gasteiger charge is 2.25. The second kappa shape index (κ2) is 9.69. The Kier molecular flexibility index (Phi) is 7.50. The van der Waals surface area contributed by atoms with Crippen LogP contribution in [0.1, 0.15) is 42.3 Å². The summed E-state index contributed by atoms with van der Waals surface area (Å²) >= 11 is 0. The van der Waals surface area contributed by atoms with E-state index in [4.69, 9.17) is 11.5 Å². The Labute approximate surface area is 179 Å². The molecule has 0 atom stereocenters. The van der Waals surface area contributed by atoms with Gasteiger partial charge in [0.2, 0.25) is 5.91 Å². The number of aryl methyl sites for hydroxylation is 1. The van der Waals surface area contributed by atoms with Crippen LogP contribution >= 0.6 is 0 Å². The van der Waals surface area contributed by atoms with E-state index < -0.39 is 28.8 Å². The Bertz CT molecular complexity index is 1120. The number of carbonyl (C=O) groups is 2. The van der Waals surface area contributed by atoms with Crippen LogP contribution in [0.5, 0.6) is 0 Å². The molecule has 10 heteroatoms. The van der Waals surface area contributed by atoms with E-state index in [1.807, 2.05) is 0 Å². The topological polar surface area (TPSA) is 133 Å². The summed E-state index contributed by atoms with van der Waals surface area (Å²) in [7, 11) is 0. The molecule has 2 aromatic rings. The highest BCUT2D eigenvalue weighted by molar-refractivity contribution is 6.01. The number of nitrogens with two attached hydrogens (primary N) is 2. The Morgan fingerprint density at radius 3 is 2.32 bits per heavy atom. The predicted molar refractivity (Wildman–Crippen MR) is 116 cm³/mol. The fourth-order valence-corrected chi connectivity index (χ4v) is 3.30. The van der Waals surface area contributed by atoms with Crippen LogP contribution in [0.4, 0.5) is 10.2 Å². The van der Waals surface area contributed by atoms with Crippen LogP contribution in [0.2, 0.25) is 0 Å². The van der Waals surface area contributed by atoms with Gasteiger partial charge in [-0.1, -0.05) is 6.07 Å². The molecule has 0 bridgehead atoms. The van der Waals surface area contributed by atoms with Crippen molar-refractivity contribution in [3.05, 3.63) is 61.5 Å². The Morgan fingerprint density at radius 2 is 1.81 bits per heavy atom. The fourth-order valence-electron chi connectivity index (χ4n) is 3.30. The lowest BCUT2D eigenvalue weighted by Gasteiger charge is -2.24. The summed E-state index contributed by atoms with van der Waals surface area (Å²) in [6, 6.07) is 3.91. The molecule has 0 saturated heterocycles. The molecule has 0 aliphatic heterocycles. The molecule has 1 aromatic carbocycles. The summed E-state index contributed by atoms with van der Waals surface area (Å²) in [5, 5.41) is 0. The van der Waals surface area contributed by atoms with Gasteiger partial charge in [-0.25, -0.2) is 9.18 Å². The van der Waals surface area contributed by atoms with Crippen molar-refractivity contribution in [2.24, 2.45) is 5.73 Å². The van der Waals surface area contributed by atoms with Gasteiger partial charge in [0, 0.05) is 12.6 Å². The zero-order valence-corrected chi connectivity index (χ0v) is 18.1. The first-order valence-electron chi connectivity index (χ1n) is 9.91. The van der Waals surface area contributed by atoms with E-state index in [-0.39, 0.29) is 43.6 Å². The number of nitrogen functional groups attached to an aromatic ring is 1. The average Bonchev–Trinajstić information content (AvgIpc) is 2.66. The fraction of sp³-hybridized carbons (Fsp3) is 0.429. The molecule has 0 unspecified atom stereocenters. The highest BCUT2D eigenvalue weighted by atomic mass is 19.1.